The molecule has 26 heavy (non-hydrogen) atoms. The molecule has 1 aliphatic rings. The molecule has 0 saturated carbocycles. The van der Waals surface area contributed by atoms with Crippen molar-refractivity contribution in [1.82, 2.24) is 24.8 Å². The number of nitrogens with one attached hydrogen (secondary N) is 2. The second-order valence-corrected chi connectivity index (χ2v) is 6.48. The van der Waals surface area contributed by atoms with E-state index in [0.29, 0.717) is 43.5 Å². The van der Waals surface area contributed by atoms with Crippen LogP contribution in [0.5, 0.6) is 0 Å². The first-order valence-corrected chi connectivity index (χ1v) is 8.47. The molecule has 3 aromatic heterocycles. The first kappa shape index (κ1) is 16.5. The lowest BCUT2D eigenvalue weighted by atomic mass is 9.90. The number of hydrogen-bond donors (Lipinski definition) is 2. The molecule has 136 valence electrons. The van der Waals surface area contributed by atoms with E-state index in [9.17, 15) is 4.79 Å². The van der Waals surface area contributed by atoms with Crippen LogP contribution in [0.2, 0.25) is 0 Å². The fourth-order valence-corrected chi connectivity index (χ4v) is 3.17. The maximum absolute atomic E-state index is 12.6. The minimum Gasteiger partial charge on any atom is -0.381 e. The molecule has 0 unspecified atom stereocenters. The van der Waals surface area contributed by atoms with Crippen molar-refractivity contribution in [1.29, 1.82) is 0 Å². The van der Waals surface area contributed by atoms with E-state index >= 15 is 0 Å². The number of ether oxygens (including phenoxy) is 1. The van der Waals surface area contributed by atoms with Gasteiger partial charge in [0.05, 0.1) is 5.69 Å². The van der Waals surface area contributed by atoms with Gasteiger partial charge in [-0.05, 0) is 19.9 Å². The topological polar surface area (TPSA) is 107 Å². The molecule has 1 saturated heterocycles. The third kappa shape index (κ3) is 3.13. The monoisotopic (exact) mass is 356 g/mol. The number of hydrogen-bond acceptors (Lipinski definition) is 6. The molecule has 0 atom stereocenters. The molecule has 1 fully saturated rings. The van der Waals surface area contributed by atoms with Gasteiger partial charge in [-0.1, -0.05) is 5.16 Å². The highest BCUT2D eigenvalue weighted by Crippen LogP contribution is 2.31. The molecule has 9 nitrogen and oxygen atoms in total. The lowest BCUT2D eigenvalue weighted by Crippen LogP contribution is -2.51. The SMILES string of the molecule is Cc1cn2ccc(NC(=O)NC3(c4nc(C)no4)CCOCC3)cc2n1. The van der Waals surface area contributed by atoms with Crippen LogP contribution in [0.25, 0.3) is 5.65 Å². The van der Waals surface area contributed by atoms with Crippen molar-refractivity contribution in [2.24, 2.45) is 0 Å². The van der Waals surface area contributed by atoms with Crippen LogP contribution in [-0.4, -0.2) is 38.8 Å². The number of carbonyl (C=O) groups excluding carboxylic acids is 1. The van der Waals surface area contributed by atoms with Crippen LogP contribution in [0.15, 0.2) is 29.0 Å². The number of nitrogens with zero attached hydrogens (tertiary/aromatic N) is 4. The van der Waals surface area contributed by atoms with Crippen LogP contribution >= 0.6 is 0 Å². The Labute approximate surface area is 149 Å². The number of pyridine rings is 1. The number of amides is 2. The molecule has 0 radical (unpaired) electrons. The van der Waals surface area contributed by atoms with Crippen molar-refractivity contribution >= 4 is 17.4 Å². The van der Waals surface area contributed by atoms with E-state index in [4.69, 9.17) is 9.26 Å². The summed E-state index contributed by atoms with van der Waals surface area (Å²) in [6, 6.07) is 3.30. The molecule has 1 aliphatic heterocycles. The number of aryl methyl sites for hydroxylation is 2. The Morgan fingerprint density at radius 2 is 2.08 bits per heavy atom. The molecule has 3 aromatic rings. The summed E-state index contributed by atoms with van der Waals surface area (Å²) in [6.07, 6.45) is 4.92. The van der Waals surface area contributed by atoms with Crippen molar-refractivity contribution in [2.45, 2.75) is 32.2 Å². The Balaban J connectivity index is 1.54. The van der Waals surface area contributed by atoms with Gasteiger partial charge in [0.2, 0.25) is 0 Å². The maximum Gasteiger partial charge on any atom is 0.320 e. The van der Waals surface area contributed by atoms with Crippen molar-refractivity contribution in [3.63, 3.8) is 0 Å². The first-order chi connectivity index (χ1) is 12.5. The summed E-state index contributed by atoms with van der Waals surface area (Å²) in [5, 5.41) is 9.72. The smallest absolute Gasteiger partial charge is 0.320 e. The number of aromatic nitrogens is 4. The van der Waals surface area contributed by atoms with Gasteiger partial charge in [0.25, 0.3) is 5.89 Å². The lowest BCUT2D eigenvalue weighted by molar-refractivity contribution is 0.0285. The normalized spacial score (nSPS) is 16.5. The zero-order chi connectivity index (χ0) is 18.1. The number of anilines is 1. The minimum absolute atomic E-state index is 0.338. The van der Waals surface area contributed by atoms with Gasteiger partial charge in [-0.2, -0.15) is 4.98 Å². The molecular formula is C17H20N6O3. The summed E-state index contributed by atoms with van der Waals surface area (Å²) in [5.74, 6) is 0.945. The molecule has 0 bridgehead atoms. The van der Waals surface area contributed by atoms with Gasteiger partial charge in [-0.15, -0.1) is 0 Å². The standard InChI is InChI=1S/C17H20N6O3/c1-11-10-23-6-3-13(9-14(23)18-11)20-16(24)21-17(4-7-25-8-5-17)15-19-12(2)22-26-15/h3,6,9-10H,4-5,7-8H2,1-2H3,(H2,20,21,24). The number of carbonyl (C=O) groups is 1. The van der Waals surface area contributed by atoms with Crippen molar-refractivity contribution in [3.05, 3.63) is 41.9 Å². The van der Waals surface area contributed by atoms with Gasteiger partial charge in [0.1, 0.15) is 11.2 Å². The largest absolute Gasteiger partial charge is 0.381 e. The van der Waals surface area contributed by atoms with Gasteiger partial charge < -0.3 is 24.3 Å². The predicted octanol–water partition coefficient (Wildman–Crippen LogP) is 2.16. The summed E-state index contributed by atoms with van der Waals surface area (Å²) in [7, 11) is 0. The Morgan fingerprint density at radius 3 is 2.81 bits per heavy atom. The summed E-state index contributed by atoms with van der Waals surface area (Å²) < 4.78 is 12.7. The lowest BCUT2D eigenvalue weighted by Gasteiger charge is -2.34. The van der Waals surface area contributed by atoms with E-state index in [2.05, 4.69) is 25.8 Å². The number of imidazole rings is 1. The molecule has 4 heterocycles. The van der Waals surface area contributed by atoms with Crippen LogP contribution < -0.4 is 10.6 Å². The molecule has 2 amide bonds. The fourth-order valence-electron chi connectivity index (χ4n) is 3.17. The Morgan fingerprint density at radius 1 is 1.27 bits per heavy atom. The quantitative estimate of drug-likeness (QED) is 0.745. The zero-order valence-electron chi connectivity index (χ0n) is 14.7. The summed E-state index contributed by atoms with van der Waals surface area (Å²) in [6.45, 7) is 4.71. The van der Waals surface area contributed by atoms with E-state index in [1.54, 1.807) is 6.92 Å². The van der Waals surface area contributed by atoms with Crippen LogP contribution in [0, 0.1) is 13.8 Å². The van der Waals surface area contributed by atoms with Crippen LogP contribution in [0.1, 0.15) is 30.3 Å². The fraction of sp³-hybridized carbons (Fsp3) is 0.412. The maximum atomic E-state index is 12.6. The summed E-state index contributed by atoms with van der Waals surface area (Å²) in [5.41, 5.74) is 1.62. The van der Waals surface area contributed by atoms with Crippen molar-refractivity contribution < 1.29 is 14.1 Å². The highest BCUT2D eigenvalue weighted by molar-refractivity contribution is 5.90. The van der Waals surface area contributed by atoms with Gasteiger partial charge >= 0.3 is 6.03 Å². The molecule has 2 N–H and O–H groups in total. The highest BCUT2D eigenvalue weighted by Gasteiger charge is 2.41. The molecule has 9 heteroatoms. The van der Waals surface area contributed by atoms with E-state index in [-0.39, 0.29) is 6.03 Å². The Bertz CT molecular complexity index is 941. The van der Waals surface area contributed by atoms with E-state index in [1.165, 1.54) is 0 Å². The Hall–Kier alpha value is -2.94. The molecule has 0 aromatic carbocycles. The third-order valence-corrected chi connectivity index (χ3v) is 4.47. The average molecular weight is 356 g/mol. The molecule has 0 aliphatic carbocycles. The van der Waals surface area contributed by atoms with Crippen LogP contribution in [0.3, 0.4) is 0 Å². The first-order valence-electron chi connectivity index (χ1n) is 8.47. The zero-order valence-corrected chi connectivity index (χ0v) is 14.7. The number of fused-ring (bicyclic) bond motifs is 1. The van der Waals surface area contributed by atoms with E-state index in [1.807, 2.05) is 35.9 Å². The second kappa shape index (κ2) is 6.41. The van der Waals surface area contributed by atoms with Gasteiger partial charge in [0, 0.05) is 50.2 Å². The van der Waals surface area contributed by atoms with Crippen LogP contribution in [0.4, 0.5) is 10.5 Å². The highest BCUT2D eigenvalue weighted by atomic mass is 16.5. The Kier molecular flexibility index (Phi) is 4.08. The average Bonchev–Trinajstić information content (AvgIpc) is 3.20. The third-order valence-electron chi connectivity index (χ3n) is 4.47. The van der Waals surface area contributed by atoms with E-state index < -0.39 is 5.54 Å². The molecular weight excluding hydrogens is 336 g/mol. The van der Waals surface area contributed by atoms with Gasteiger partial charge in [-0.25, -0.2) is 9.78 Å². The summed E-state index contributed by atoms with van der Waals surface area (Å²) >= 11 is 0. The van der Waals surface area contributed by atoms with Gasteiger partial charge in [-0.3, -0.25) is 0 Å². The van der Waals surface area contributed by atoms with Crippen LogP contribution in [-0.2, 0) is 10.3 Å². The molecule has 4 rings (SSSR count). The molecule has 0 spiro atoms. The summed E-state index contributed by atoms with van der Waals surface area (Å²) in [4.78, 5) is 21.4. The van der Waals surface area contributed by atoms with Crippen molar-refractivity contribution in [3.8, 4) is 0 Å². The second-order valence-electron chi connectivity index (χ2n) is 6.48. The predicted molar refractivity (Wildman–Crippen MR) is 92.8 cm³/mol. The van der Waals surface area contributed by atoms with E-state index in [0.717, 1.165) is 11.3 Å². The number of urea groups is 1. The van der Waals surface area contributed by atoms with Gasteiger partial charge in [0.15, 0.2) is 5.82 Å². The minimum atomic E-state index is -0.725. The van der Waals surface area contributed by atoms with Crippen molar-refractivity contribution in [2.75, 3.05) is 18.5 Å². The number of rotatable bonds is 3.